The largest absolute Gasteiger partial charge is 0.468 e. The molecular weight excluding hydrogens is 392 g/mol. The van der Waals surface area contributed by atoms with Crippen LogP contribution >= 0.6 is 23.5 Å². The van der Waals surface area contributed by atoms with Crippen molar-refractivity contribution in [3.63, 3.8) is 0 Å². The van der Waals surface area contributed by atoms with Crippen molar-refractivity contribution >= 4 is 39.5 Å². The van der Waals surface area contributed by atoms with Gasteiger partial charge in [-0.3, -0.25) is 4.79 Å². The Morgan fingerprint density at radius 3 is 2.58 bits per heavy atom. The van der Waals surface area contributed by atoms with Gasteiger partial charge >= 0.3 is 0 Å². The number of benzene rings is 1. The lowest BCUT2D eigenvalue weighted by atomic mass is 10.4. The van der Waals surface area contributed by atoms with E-state index in [2.05, 4.69) is 5.32 Å². The summed E-state index contributed by atoms with van der Waals surface area (Å²) in [5, 5.41) is 2.74. The highest BCUT2D eigenvalue weighted by molar-refractivity contribution is 7.98. The van der Waals surface area contributed by atoms with Gasteiger partial charge in [0.2, 0.25) is 15.9 Å². The molecule has 0 fully saturated rings. The van der Waals surface area contributed by atoms with Gasteiger partial charge in [0.1, 0.15) is 5.76 Å². The molecule has 0 aliphatic carbocycles. The average molecular weight is 415 g/mol. The molecule has 0 bridgehead atoms. The van der Waals surface area contributed by atoms with Gasteiger partial charge in [0, 0.05) is 24.2 Å². The van der Waals surface area contributed by atoms with Crippen molar-refractivity contribution in [3.8, 4) is 0 Å². The Morgan fingerprint density at radius 1 is 1.23 bits per heavy atom. The molecular formula is C17H22N2O4S3. The lowest BCUT2D eigenvalue weighted by Crippen LogP contribution is -2.39. The molecule has 6 nitrogen and oxygen atoms in total. The molecule has 0 saturated heterocycles. The third-order valence-corrected chi connectivity index (χ3v) is 7.07. The highest BCUT2D eigenvalue weighted by Crippen LogP contribution is 2.19. The van der Waals surface area contributed by atoms with Crippen LogP contribution in [0.3, 0.4) is 0 Å². The van der Waals surface area contributed by atoms with Crippen molar-refractivity contribution in [1.29, 1.82) is 0 Å². The zero-order valence-corrected chi connectivity index (χ0v) is 17.1. The van der Waals surface area contributed by atoms with Crippen molar-refractivity contribution in [1.82, 2.24) is 9.62 Å². The number of carbonyl (C=O) groups excluding carboxylic acids is 1. The molecule has 0 unspecified atom stereocenters. The van der Waals surface area contributed by atoms with E-state index in [1.807, 2.05) is 18.4 Å². The Hall–Kier alpha value is -1.42. The molecule has 0 aliphatic heterocycles. The number of thioether (sulfide) groups is 2. The van der Waals surface area contributed by atoms with Crippen LogP contribution in [0.25, 0.3) is 0 Å². The Balaban J connectivity index is 1.76. The number of carbonyl (C=O) groups is 1. The van der Waals surface area contributed by atoms with Gasteiger partial charge in [-0.15, -0.1) is 11.8 Å². The standard InChI is InChI=1S/C17H22N2O4S3/c1-19(26(21,22)16-7-5-15(24-2)6-8-16)12-17(20)18-9-11-25-13-14-4-3-10-23-14/h3-8,10H,9,11-13H2,1-2H3,(H,18,20). The Kier molecular flexibility index (Phi) is 8.08. The van der Waals surface area contributed by atoms with Crippen LogP contribution in [0.15, 0.2) is 56.9 Å². The molecule has 0 saturated carbocycles. The first-order chi connectivity index (χ1) is 12.4. The van der Waals surface area contributed by atoms with Crippen LogP contribution in [0.5, 0.6) is 0 Å². The fraction of sp³-hybridized carbons (Fsp3) is 0.353. The van der Waals surface area contributed by atoms with Crippen molar-refractivity contribution in [2.75, 3.05) is 32.1 Å². The monoisotopic (exact) mass is 414 g/mol. The fourth-order valence-corrected chi connectivity index (χ4v) is 4.39. The molecule has 142 valence electrons. The number of hydrogen-bond acceptors (Lipinski definition) is 6. The third kappa shape index (κ3) is 6.08. The van der Waals surface area contributed by atoms with Gasteiger partial charge in [-0.2, -0.15) is 16.1 Å². The van der Waals surface area contributed by atoms with Gasteiger partial charge in [-0.05, 0) is 42.7 Å². The van der Waals surface area contributed by atoms with E-state index in [0.717, 1.165) is 26.5 Å². The molecule has 1 aromatic carbocycles. The number of furan rings is 1. The molecule has 1 heterocycles. The zero-order valence-electron chi connectivity index (χ0n) is 14.7. The number of amides is 1. The summed E-state index contributed by atoms with van der Waals surface area (Å²) in [7, 11) is -2.27. The van der Waals surface area contributed by atoms with Crippen LogP contribution in [-0.2, 0) is 20.6 Å². The summed E-state index contributed by atoms with van der Waals surface area (Å²) in [6.07, 6.45) is 3.55. The molecule has 0 atom stereocenters. The second kappa shape index (κ2) is 10.1. The SMILES string of the molecule is CSc1ccc(S(=O)(=O)N(C)CC(=O)NCCSCc2ccco2)cc1. The Bertz CT molecular complexity index is 790. The number of sulfonamides is 1. The fourth-order valence-electron chi connectivity index (χ4n) is 2.10. The maximum Gasteiger partial charge on any atom is 0.243 e. The molecule has 9 heteroatoms. The van der Waals surface area contributed by atoms with Gasteiger partial charge in [0.25, 0.3) is 0 Å². The van der Waals surface area contributed by atoms with Crippen molar-refractivity contribution < 1.29 is 17.6 Å². The number of rotatable bonds is 10. The van der Waals surface area contributed by atoms with Crippen molar-refractivity contribution in [2.45, 2.75) is 15.5 Å². The van der Waals surface area contributed by atoms with Gasteiger partial charge in [-0.1, -0.05) is 0 Å². The Morgan fingerprint density at radius 2 is 1.96 bits per heavy atom. The van der Waals surface area contributed by atoms with Crippen molar-refractivity contribution in [3.05, 3.63) is 48.4 Å². The van der Waals surface area contributed by atoms with E-state index < -0.39 is 10.0 Å². The predicted octanol–water partition coefficient (Wildman–Crippen LogP) is 2.67. The van der Waals surface area contributed by atoms with E-state index in [0.29, 0.717) is 6.54 Å². The molecule has 26 heavy (non-hydrogen) atoms. The van der Waals surface area contributed by atoms with Crippen LogP contribution in [0.2, 0.25) is 0 Å². The third-order valence-electron chi connectivity index (χ3n) is 3.53. The lowest BCUT2D eigenvalue weighted by molar-refractivity contribution is -0.121. The smallest absolute Gasteiger partial charge is 0.243 e. The minimum atomic E-state index is -3.68. The van der Waals surface area contributed by atoms with Gasteiger partial charge in [0.05, 0.1) is 23.5 Å². The van der Waals surface area contributed by atoms with Crippen LogP contribution in [0.1, 0.15) is 5.76 Å². The van der Waals surface area contributed by atoms with E-state index >= 15 is 0 Å². The summed E-state index contributed by atoms with van der Waals surface area (Å²) >= 11 is 3.17. The van der Waals surface area contributed by atoms with Gasteiger partial charge in [0.15, 0.2) is 0 Å². The quantitative estimate of drug-likeness (QED) is 0.476. The maximum atomic E-state index is 12.5. The second-order valence-electron chi connectivity index (χ2n) is 5.42. The Labute approximate surface area is 162 Å². The number of nitrogens with zero attached hydrogens (tertiary/aromatic N) is 1. The zero-order chi connectivity index (χ0) is 19.0. The number of hydrogen-bond donors (Lipinski definition) is 1. The molecule has 0 spiro atoms. The molecule has 1 N–H and O–H groups in total. The summed E-state index contributed by atoms with van der Waals surface area (Å²) in [4.78, 5) is 13.1. The molecule has 1 amide bonds. The van der Waals surface area contributed by atoms with Crippen LogP contribution in [-0.4, -0.2) is 50.8 Å². The topological polar surface area (TPSA) is 79.6 Å². The predicted molar refractivity (Wildman–Crippen MR) is 106 cm³/mol. The summed E-state index contributed by atoms with van der Waals surface area (Å²) in [6, 6.07) is 10.4. The van der Waals surface area contributed by atoms with Crippen LogP contribution in [0.4, 0.5) is 0 Å². The van der Waals surface area contributed by atoms with E-state index in [4.69, 9.17) is 4.42 Å². The first kappa shape index (κ1) is 20.9. The normalized spacial score (nSPS) is 11.7. The van der Waals surface area contributed by atoms with E-state index in [9.17, 15) is 13.2 Å². The number of nitrogens with one attached hydrogen (secondary N) is 1. The molecule has 2 aromatic rings. The second-order valence-corrected chi connectivity index (χ2v) is 9.45. The molecule has 1 aromatic heterocycles. The summed E-state index contributed by atoms with van der Waals surface area (Å²) < 4.78 is 31.3. The van der Waals surface area contributed by atoms with Gasteiger partial charge in [-0.25, -0.2) is 8.42 Å². The van der Waals surface area contributed by atoms with Gasteiger partial charge < -0.3 is 9.73 Å². The molecule has 0 aliphatic rings. The summed E-state index contributed by atoms with van der Waals surface area (Å²) in [6.45, 7) is 0.260. The lowest BCUT2D eigenvalue weighted by Gasteiger charge is -2.17. The minimum Gasteiger partial charge on any atom is -0.468 e. The van der Waals surface area contributed by atoms with E-state index in [1.165, 1.54) is 18.8 Å². The number of likely N-dealkylation sites (N-methyl/N-ethyl adjacent to an activating group) is 1. The first-order valence-corrected chi connectivity index (χ1v) is 11.7. The summed E-state index contributed by atoms with van der Waals surface area (Å²) in [5.41, 5.74) is 0. The average Bonchev–Trinajstić information content (AvgIpc) is 3.14. The maximum absolute atomic E-state index is 12.5. The highest BCUT2D eigenvalue weighted by atomic mass is 32.2. The van der Waals surface area contributed by atoms with Crippen LogP contribution in [0, 0.1) is 0 Å². The van der Waals surface area contributed by atoms with Crippen molar-refractivity contribution in [2.24, 2.45) is 0 Å². The highest BCUT2D eigenvalue weighted by Gasteiger charge is 2.22. The minimum absolute atomic E-state index is 0.180. The first-order valence-electron chi connectivity index (χ1n) is 7.90. The van der Waals surface area contributed by atoms with Crippen LogP contribution < -0.4 is 5.32 Å². The molecule has 0 radical (unpaired) electrons. The summed E-state index contributed by atoms with van der Waals surface area (Å²) in [5.74, 6) is 2.03. The van der Waals surface area contributed by atoms with E-state index in [1.54, 1.807) is 42.3 Å². The molecule has 2 rings (SSSR count). The van der Waals surface area contributed by atoms with E-state index in [-0.39, 0.29) is 17.3 Å².